The van der Waals surface area contributed by atoms with Crippen molar-refractivity contribution < 1.29 is 42.1 Å². The molecule has 472 valence electrons. The number of quaternary nitrogens is 1. The third-order valence-electron chi connectivity index (χ3n) is 15.0. The highest BCUT2D eigenvalue weighted by molar-refractivity contribution is 7.45. The molecular formula is C71H130NO8P. The molecule has 0 amide bonds. The topological polar surface area (TPSA) is 111 Å². The second kappa shape index (κ2) is 62.0. The molecule has 0 saturated carbocycles. The second-order valence-electron chi connectivity index (χ2n) is 24.2. The van der Waals surface area contributed by atoms with E-state index >= 15 is 0 Å². The lowest BCUT2D eigenvalue weighted by molar-refractivity contribution is -0.870. The van der Waals surface area contributed by atoms with E-state index in [2.05, 4.69) is 86.8 Å². The van der Waals surface area contributed by atoms with Crippen LogP contribution in [0.2, 0.25) is 0 Å². The number of carbonyl (C=O) groups is 2. The highest BCUT2D eigenvalue weighted by Crippen LogP contribution is 2.38. The summed E-state index contributed by atoms with van der Waals surface area (Å²) in [7, 11) is 1.17. The normalized spacial score (nSPS) is 13.6. The Labute approximate surface area is 501 Å². The Morgan fingerprint density at radius 2 is 0.704 bits per heavy atom. The van der Waals surface area contributed by atoms with Crippen LogP contribution in [0.15, 0.2) is 72.9 Å². The largest absolute Gasteiger partial charge is 0.756 e. The van der Waals surface area contributed by atoms with Crippen molar-refractivity contribution in [2.24, 2.45) is 0 Å². The number of esters is 2. The molecule has 2 unspecified atom stereocenters. The van der Waals surface area contributed by atoms with Gasteiger partial charge in [0.1, 0.15) is 19.8 Å². The Morgan fingerprint density at radius 3 is 1.06 bits per heavy atom. The fourth-order valence-corrected chi connectivity index (χ4v) is 10.5. The number of ether oxygens (including phenoxy) is 2. The summed E-state index contributed by atoms with van der Waals surface area (Å²) >= 11 is 0. The zero-order valence-corrected chi connectivity index (χ0v) is 54.6. The molecule has 0 N–H and O–H groups in total. The highest BCUT2D eigenvalue weighted by Gasteiger charge is 2.22. The molecule has 0 aromatic rings. The standard InChI is InChI=1S/C71H130NO8P/c1-6-8-10-12-14-16-18-20-22-24-26-27-28-29-30-31-32-33-34-35-36-37-38-39-40-41-42-43-44-45-46-48-50-52-54-56-58-60-62-64-71(74)80-69(68-79-81(75,76)78-66-65-72(3,4)5)67-77-70(73)63-61-59-57-55-53-51-49-47-25-23-21-19-17-15-13-11-9-7-2/h8,10,14,16,20,22-23,25-27,29-30,69H,6-7,9,11-13,15,17-19,21,24,28,31-68H2,1-5H3/b10-8-,16-14-,22-20-,25-23-,27-26-,30-29-. The number of carbonyl (C=O) groups excluding carboxylic acids is 2. The minimum absolute atomic E-state index is 0.0307. The van der Waals surface area contributed by atoms with E-state index < -0.39 is 26.5 Å². The molecule has 2 atom stereocenters. The summed E-state index contributed by atoms with van der Waals surface area (Å²) in [5.74, 6) is -0.825. The smallest absolute Gasteiger partial charge is 0.306 e. The number of unbranched alkanes of at least 4 members (excludes halogenated alkanes) is 37. The molecule has 10 heteroatoms. The van der Waals surface area contributed by atoms with E-state index in [4.69, 9.17) is 18.5 Å². The fraction of sp³-hybridized carbons (Fsp3) is 0.803. The Hall–Kier alpha value is -2.55. The van der Waals surface area contributed by atoms with Crippen LogP contribution in [0.3, 0.4) is 0 Å². The van der Waals surface area contributed by atoms with Crippen LogP contribution in [0, 0.1) is 0 Å². The molecule has 9 nitrogen and oxygen atoms in total. The quantitative estimate of drug-likeness (QED) is 0.0195. The van der Waals surface area contributed by atoms with E-state index in [1.54, 1.807) is 0 Å². The van der Waals surface area contributed by atoms with E-state index in [9.17, 15) is 19.0 Å². The van der Waals surface area contributed by atoms with Gasteiger partial charge in [0.05, 0.1) is 27.7 Å². The molecule has 0 saturated heterocycles. The van der Waals surface area contributed by atoms with Crippen LogP contribution in [0.5, 0.6) is 0 Å². The number of hydrogen-bond acceptors (Lipinski definition) is 8. The Kier molecular flexibility index (Phi) is 60.0. The zero-order chi connectivity index (χ0) is 59.1. The van der Waals surface area contributed by atoms with E-state index in [1.165, 1.54) is 205 Å². The Bertz CT molecular complexity index is 1600. The minimum Gasteiger partial charge on any atom is -0.756 e. The van der Waals surface area contributed by atoms with E-state index in [-0.39, 0.29) is 32.0 Å². The number of phosphoric ester groups is 1. The monoisotopic (exact) mass is 1160 g/mol. The summed E-state index contributed by atoms with van der Waals surface area (Å²) in [6.45, 7) is 4.16. The summed E-state index contributed by atoms with van der Waals surface area (Å²) in [4.78, 5) is 38.0. The number of nitrogens with zero attached hydrogens (tertiary/aromatic N) is 1. The SMILES string of the molecule is CC/C=C\C/C=C\C/C=C\C/C=C\C/C=C\CCCCCCCCCCCCCCCCCCCCCCCCCC(=O)OC(COC(=O)CCCCCCCCC/C=C\CCCCCCCCC)COP(=O)([O-])OCC[N+](C)(C)C. The zero-order valence-electron chi connectivity index (χ0n) is 53.7. The van der Waals surface area contributed by atoms with Crippen molar-refractivity contribution in [3.05, 3.63) is 72.9 Å². The maximum absolute atomic E-state index is 12.8. The van der Waals surface area contributed by atoms with Gasteiger partial charge < -0.3 is 27.9 Å². The van der Waals surface area contributed by atoms with Crippen molar-refractivity contribution in [1.82, 2.24) is 0 Å². The number of allylic oxidation sites excluding steroid dienone is 12. The predicted molar refractivity (Wildman–Crippen MR) is 346 cm³/mol. The van der Waals surface area contributed by atoms with Gasteiger partial charge in [0.2, 0.25) is 0 Å². The summed E-state index contributed by atoms with van der Waals surface area (Å²) in [5.41, 5.74) is 0. The van der Waals surface area contributed by atoms with Crippen LogP contribution in [0.4, 0.5) is 0 Å². The lowest BCUT2D eigenvalue weighted by atomic mass is 10.0. The molecule has 0 aliphatic carbocycles. The van der Waals surface area contributed by atoms with Gasteiger partial charge in [-0.15, -0.1) is 0 Å². The van der Waals surface area contributed by atoms with Gasteiger partial charge in [-0.05, 0) is 83.5 Å². The van der Waals surface area contributed by atoms with Crippen LogP contribution in [-0.2, 0) is 32.7 Å². The van der Waals surface area contributed by atoms with Crippen LogP contribution >= 0.6 is 7.82 Å². The molecule has 0 aromatic carbocycles. The van der Waals surface area contributed by atoms with Crippen molar-refractivity contribution in [2.45, 2.75) is 322 Å². The van der Waals surface area contributed by atoms with Crippen molar-refractivity contribution in [1.29, 1.82) is 0 Å². The van der Waals surface area contributed by atoms with Crippen molar-refractivity contribution in [3.63, 3.8) is 0 Å². The predicted octanol–water partition coefficient (Wildman–Crippen LogP) is 21.4. The van der Waals surface area contributed by atoms with E-state index in [0.29, 0.717) is 17.4 Å². The number of phosphoric acid groups is 1. The van der Waals surface area contributed by atoms with Crippen LogP contribution in [-0.4, -0.2) is 70.0 Å². The van der Waals surface area contributed by atoms with Crippen LogP contribution in [0.25, 0.3) is 0 Å². The van der Waals surface area contributed by atoms with Crippen LogP contribution in [0.1, 0.15) is 316 Å². The van der Waals surface area contributed by atoms with Crippen molar-refractivity contribution in [2.75, 3.05) is 47.5 Å². The molecule has 0 bridgehead atoms. The summed E-state index contributed by atoms with van der Waals surface area (Å²) in [5, 5.41) is 0. The van der Waals surface area contributed by atoms with Gasteiger partial charge in [-0.2, -0.15) is 0 Å². The van der Waals surface area contributed by atoms with E-state index in [1.807, 2.05) is 21.1 Å². The molecule has 81 heavy (non-hydrogen) atoms. The number of rotatable bonds is 63. The van der Waals surface area contributed by atoms with Crippen LogP contribution < -0.4 is 4.89 Å². The van der Waals surface area contributed by atoms with Crippen molar-refractivity contribution in [3.8, 4) is 0 Å². The average molecular weight is 1160 g/mol. The Morgan fingerprint density at radius 1 is 0.395 bits per heavy atom. The van der Waals surface area contributed by atoms with Gasteiger partial charge in [0.15, 0.2) is 6.10 Å². The highest BCUT2D eigenvalue weighted by atomic mass is 31.2. The van der Waals surface area contributed by atoms with E-state index in [0.717, 1.165) is 77.0 Å². The molecule has 0 aromatic heterocycles. The van der Waals surface area contributed by atoms with Gasteiger partial charge >= 0.3 is 11.9 Å². The third-order valence-corrected chi connectivity index (χ3v) is 15.9. The number of likely N-dealkylation sites (N-methyl/N-ethyl adjacent to an activating group) is 1. The van der Waals surface area contributed by atoms with Gasteiger partial charge in [-0.1, -0.05) is 292 Å². The first-order valence-electron chi connectivity index (χ1n) is 34.1. The molecule has 0 aliphatic rings. The van der Waals surface area contributed by atoms with Gasteiger partial charge in [0.25, 0.3) is 7.82 Å². The average Bonchev–Trinajstić information content (AvgIpc) is 3.43. The molecule has 0 radical (unpaired) electrons. The second-order valence-corrected chi connectivity index (χ2v) is 25.6. The molecule has 0 heterocycles. The molecule has 0 fully saturated rings. The maximum Gasteiger partial charge on any atom is 0.306 e. The summed E-state index contributed by atoms with van der Waals surface area (Å²) < 4.78 is 34.3. The van der Waals surface area contributed by atoms with Gasteiger partial charge in [-0.25, -0.2) is 0 Å². The summed E-state index contributed by atoms with van der Waals surface area (Å²) in [6.07, 6.45) is 82.7. The first-order chi connectivity index (χ1) is 39.5. The van der Waals surface area contributed by atoms with Gasteiger partial charge in [-0.3, -0.25) is 14.2 Å². The maximum atomic E-state index is 12.8. The first kappa shape index (κ1) is 78.5. The van der Waals surface area contributed by atoms with Gasteiger partial charge in [0, 0.05) is 12.8 Å². The summed E-state index contributed by atoms with van der Waals surface area (Å²) in [6, 6.07) is 0. The lowest BCUT2D eigenvalue weighted by Crippen LogP contribution is -2.37. The number of hydrogen-bond donors (Lipinski definition) is 0. The molecule has 0 aliphatic heterocycles. The first-order valence-corrected chi connectivity index (χ1v) is 35.6. The minimum atomic E-state index is -4.64. The fourth-order valence-electron chi connectivity index (χ4n) is 9.74. The Balaban J connectivity index is 3.94. The molecule has 0 rings (SSSR count). The molecular weight excluding hydrogens is 1030 g/mol. The molecule has 0 spiro atoms. The lowest BCUT2D eigenvalue weighted by Gasteiger charge is -2.28. The third kappa shape index (κ3) is 66.5. The van der Waals surface area contributed by atoms with Crippen molar-refractivity contribution >= 4 is 19.8 Å².